The van der Waals surface area contributed by atoms with Crippen LogP contribution in [-0.4, -0.2) is 10.6 Å². The Morgan fingerprint density at radius 2 is 2.33 bits per heavy atom. The molecule has 0 aromatic carbocycles. The van der Waals surface area contributed by atoms with Gasteiger partial charge in [-0.15, -0.1) is 0 Å². The van der Waals surface area contributed by atoms with Crippen molar-refractivity contribution >= 4 is 35.0 Å². The van der Waals surface area contributed by atoms with Crippen LogP contribution < -0.4 is 11.1 Å². The first kappa shape index (κ1) is 5.78. The highest BCUT2D eigenvalue weighted by molar-refractivity contribution is 7.81. The van der Waals surface area contributed by atoms with Gasteiger partial charge in [-0.25, -0.2) is 0 Å². The molecule has 4 heteroatoms. The van der Waals surface area contributed by atoms with Gasteiger partial charge in [0.2, 0.25) is 0 Å². The normalized spacial score (nSPS) is 6.67. The van der Waals surface area contributed by atoms with Crippen molar-refractivity contribution in [2.75, 3.05) is 0 Å². The van der Waals surface area contributed by atoms with E-state index in [2.05, 4.69) is 29.8 Å². The molecule has 0 unspecified atom stereocenters. The van der Waals surface area contributed by atoms with Gasteiger partial charge in [-0.05, 0) is 12.2 Å². The summed E-state index contributed by atoms with van der Waals surface area (Å²) in [6.45, 7) is 0. The van der Waals surface area contributed by atoms with Crippen molar-refractivity contribution in [2.45, 2.75) is 0 Å². The molecule has 0 radical (unpaired) electrons. The Kier molecular flexibility index (Phi) is 2.88. The Balaban J connectivity index is 3.05. The monoisotopic (exact) mass is 120 g/mol. The molecular formula is C2H4N2S2. The number of nitrogens with one attached hydrogen (secondary N) is 1. The van der Waals surface area contributed by atoms with Gasteiger partial charge < -0.3 is 11.1 Å². The van der Waals surface area contributed by atoms with Gasteiger partial charge in [-0.3, -0.25) is 0 Å². The van der Waals surface area contributed by atoms with E-state index in [0.29, 0.717) is 0 Å². The summed E-state index contributed by atoms with van der Waals surface area (Å²) in [6.07, 6.45) is 0. The summed E-state index contributed by atoms with van der Waals surface area (Å²) in [4.78, 5) is 0. The minimum absolute atomic E-state index is 0.213. The molecule has 0 bridgehead atoms. The summed E-state index contributed by atoms with van der Waals surface area (Å²) in [5.74, 6) is 0. The molecular weight excluding hydrogens is 116 g/mol. The zero-order valence-electron chi connectivity index (χ0n) is 2.97. The van der Waals surface area contributed by atoms with Crippen molar-refractivity contribution in [2.24, 2.45) is 5.73 Å². The second kappa shape index (κ2) is 2.99. The largest absolute Gasteiger partial charge is 0.376 e. The van der Waals surface area contributed by atoms with E-state index in [9.17, 15) is 0 Å². The summed E-state index contributed by atoms with van der Waals surface area (Å²) >= 11 is 8.69. The van der Waals surface area contributed by atoms with Crippen LogP contribution in [0.5, 0.6) is 0 Å². The first-order chi connectivity index (χ1) is 2.77. The lowest BCUT2D eigenvalue weighted by atomic mass is 11.1. The molecule has 0 amide bonds. The van der Waals surface area contributed by atoms with Crippen LogP contribution in [0.3, 0.4) is 0 Å². The molecule has 34 valence electrons. The van der Waals surface area contributed by atoms with Crippen LogP contribution in [0.2, 0.25) is 0 Å². The number of hydrogen-bond donors (Lipinski definition) is 2. The third kappa shape index (κ3) is 3.78. The Bertz CT molecular complexity index is 69.9. The van der Waals surface area contributed by atoms with E-state index in [1.807, 2.05) is 0 Å². The maximum absolute atomic E-state index is 4.93. The average molecular weight is 120 g/mol. The zero-order chi connectivity index (χ0) is 4.99. The third-order valence-electron chi connectivity index (χ3n) is 0.201. The molecule has 3 N–H and O–H groups in total. The Labute approximate surface area is 46.7 Å². The zero-order valence-corrected chi connectivity index (χ0v) is 4.60. The molecule has 0 fully saturated rings. The third-order valence-corrected chi connectivity index (χ3v) is 0.437. The average Bonchev–Trinajstić information content (AvgIpc) is 1.35. The summed E-state index contributed by atoms with van der Waals surface area (Å²) in [5, 5.41) is 2.62. The van der Waals surface area contributed by atoms with Crippen LogP contribution >= 0.6 is 24.4 Å². The summed E-state index contributed by atoms with van der Waals surface area (Å²) in [5.41, 5.74) is 6.19. The van der Waals surface area contributed by atoms with Crippen molar-refractivity contribution in [1.29, 1.82) is 0 Å². The van der Waals surface area contributed by atoms with Gasteiger partial charge in [0.05, 0.1) is 5.49 Å². The van der Waals surface area contributed by atoms with E-state index in [4.69, 9.17) is 5.73 Å². The minimum Gasteiger partial charge on any atom is -0.376 e. The molecule has 0 aromatic rings. The smallest absolute Gasteiger partial charge is 0.168 e. The maximum atomic E-state index is 4.93. The first-order valence-corrected chi connectivity index (χ1v) is 2.15. The summed E-state index contributed by atoms with van der Waals surface area (Å²) < 4.78 is 0. The molecule has 0 saturated heterocycles. The predicted octanol–water partition coefficient (Wildman–Crippen LogP) is -0.223. The number of nitrogens with two attached hydrogens (primary N) is 1. The number of thiocarbonyl (C=S) groups is 2. The highest BCUT2D eigenvalue weighted by Crippen LogP contribution is 1.48. The molecule has 0 saturated carbocycles. The van der Waals surface area contributed by atoms with E-state index >= 15 is 0 Å². The highest BCUT2D eigenvalue weighted by Gasteiger charge is 1.71. The molecule has 0 aliphatic heterocycles. The van der Waals surface area contributed by atoms with Crippen molar-refractivity contribution in [3.05, 3.63) is 0 Å². The van der Waals surface area contributed by atoms with E-state index in [1.165, 1.54) is 5.49 Å². The van der Waals surface area contributed by atoms with E-state index in [-0.39, 0.29) is 5.11 Å². The molecule has 6 heavy (non-hydrogen) atoms. The van der Waals surface area contributed by atoms with Crippen LogP contribution in [0.25, 0.3) is 0 Å². The Morgan fingerprint density at radius 3 is 2.33 bits per heavy atom. The predicted molar refractivity (Wildman–Crippen MR) is 33.6 cm³/mol. The van der Waals surface area contributed by atoms with E-state index < -0.39 is 0 Å². The van der Waals surface area contributed by atoms with Crippen molar-refractivity contribution < 1.29 is 0 Å². The Morgan fingerprint density at radius 1 is 1.83 bits per heavy atom. The van der Waals surface area contributed by atoms with Crippen molar-refractivity contribution in [3.8, 4) is 0 Å². The second-order valence-corrected chi connectivity index (χ2v) is 1.30. The molecule has 0 atom stereocenters. The molecule has 0 rings (SSSR count). The van der Waals surface area contributed by atoms with E-state index in [1.54, 1.807) is 0 Å². The molecule has 0 aliphatic carbocycles. The van der Waals surface area contributed by atoms with Crippen molar-refractivity contribution in [1.82, 2.24) is 5.32 Å². The van der Waals surface area contributed by atoms with Gasteiger partial charge in [-0.2, -0.15) is 0 Å². The highest BCUT2D eigenvalue weighted by atomic mass is 32.1. The summed E-state index contributed by atoms with van der Waals surface area (Å²) in [7, 11) is 0. The van der Waals surface area contributed by atoms with Crippen LogP contribution in [0.1, 0.15) is 0 Å². The lowest BCUT2D eigenvalue weighted by Crippen LogP contribution is -2.26. The van der Waals surface area contributed by atoms with E-state index in [0.717, 1.165) is 0 Å². The topological polar surface area (TPSA) is 38.0 Å². The van der Waals surface area contributed by atoms with Gasteiger partial charge in [0, 0.05) is 0 Å². The minimum atomic E-state index is 0.213. The summed E-state index contributed by atoms with van der Waals surface area (Å²) in [6, 6.07) is 0. The fourth-order valence-electron chi connectivity index (χ4n) is 0.0581. The van der Waals surface area contributed by atoms with Crippen LogP contribution in [0.15, 0.2) is 0 Å². The quantitative estimate of drug-likeness (QED) is 0.469. The molecule has 0 aliphatic rings. The maximum Gasteiger partial charge on any atom is 0.168 e. The lowest BCUT2D eigenvalue weighted by molar-refractivity contribution is 1.44. The standard InChI is InChI=1S/C2H4N2S2/c3-2(6)4-1-5/h1H,(H3,3,4,5,6). The first-order valence-electron chi connectivity index (χ1n) is 1.27. The van der Waals surface area contributed by atoms with Crippen LogP contribution in [0.4, 0.5) is 0 Å². The number of hydrogen-bond acceptors (Lipinski definition) is 2. The van der Waals surface area contributed by atoms with Gasteiger partial charge in [0.25, 0.3) is 0 Å². The molecule has 2 nitrogen and oxygen atoms in total. The SMILES string of the molecule is NC(=S)NC=S. The fourth-order valence-corrected chi connectivity index (χ4v) is 0.319. The number of rotatable bonds is 1. The molecule has 0 spiro atoms. The van der Waals surface area contributed by atoms with Gasteiger partial charge >= 0.3 is 0 Å². The lowest BCUT2D eigenvalue weighted by Gasteiger charge is -1.86. The van der Waals surface area contributed by atoms with Gasteiger partial charge in [0.1, 0.15) is 0 Å². The Hall–Kier alpha value is -0.220. The molecule has 0 aromatic heterocycles. The van der Waals surface area contributed by atoms with Crippen molar-refractivity contribution in [3.63, 3.8) is 0 Å². The fraction of sp³-hybridized carbons (Fsp3) is 0. The van der Waals surface area contributed by atoms with Crippen LogP contribution in [0, 0.1) is 0 Å². The van der Waals surface area contributed by atoms with Gasteiger partial charge in [-0.1, -0.05) is 12.2 Å². The van der Waals surface area contributed by atoms with Crippen LogP contribution in [-0.2, 0) is 0 Å². The second-order valence-electron chi connectivity index (χ2n) is 0.626. The molecule has 0 heterocycles. The van der Waals surface area contributed by atoms with Gasteiger partial charge in [0.15, 0.2) is 5.11 Å².